The first-order valence-electron chi connectivity index (χ1n) is 15.1. The average molecular weight is 589 g/mol. The van der Waals surface area contributed by atoms with E-state index in [0.29, 0.717) is 23.2 Å². The standard InChI is InChI=1S/C40H24N6/c41-25-26-19-22-36-33(23-26)32-21-20-29(45-34-17-9-7-15-30(34)31-16-8-10-18-35(31)45)24-37(32)46(36)40-43-38(27-11-3-1-4-12-27)42-39(44-40)28-13-5-2-6-14-28/h1-24H. The molecule has 0 bridgehead atoms. The van der Waals surface area contributed by atoms with Gasteiger partial charge in [0.2, 0.25) is 5.95 Å². The maximum Gasteiger partial charge on any atom is 0.238 e. The van der Waals surface area contributed by atoms with Crippen molar-refractivity contribution in [3.63, 3.8) is 0 Å². The van der Waals surface area contributed by atoms with Crippen LogP contribution in [-0.4, -0.2) is 24.1 Å². The van der Waals surface area contributed by atoms with Crippen LogP contribution in [0.25, 0.3) is 78.0 Å². The van der Waals surface area contributed by atoms with Crippen molar-refractivity contribution < 1.29 is 0 Å². The fraction of sp³-hybridized carbons (Fsp3) is 0. The van der Waals surface area contributed by atoms with Crippen LogP contribution in [0.5, 0.6) is 0 Å². The van der Waals surface area contributed by atoms with Crippen LogP contribution in [-0.2, 0) is 0 Å². The molecule has 0 aliphatic rings. The van der Waals surface area contributed by atoms with Crippen molar-refractivity contribution in [1.82, 2.24) is 24.1 Å². The molecule has 6 nitrogen and oxygen atoms in total. The maximum absolute atomic E-state index is 9.80. The molecule has 3 heterocycles. The minimum atomic E-state index is 0.511. The first-order valence-corrected chi connectivity index (χ1v) is 15.1. The Bertz CT molecular complexity index is 2530. The summed E-state index contributed by atoms with van der Waals surface area (Å²) < 4.78 is 4.41. The monoisotopic (exact) mass is 588 g/mol. The summed E-state index contributed by atoms with van der Waals surface area (Å²) in [6.07, 6.45) is 0. The normalized spacial score (nSPS) is 11.5. The number of rotatable bonds is 4. The van der Waals surface area contributed by atoms with Crippen molar-refractivity contribution in [2.45, 2.75) is 0 Å². The van der Waals surface area contributed by atoms with Crippen molar-refractivity contribution in [1.29, 1.82) is 5.26 Å². The van der Waals surface area contributed by atoms with Crippen LogP contribution in [0, 0.1) is 11.3 Å². The van der Waals surface area contributed by atoms with Gasteiger partial charge >= 0.3 is 0 Å². The molecule has 0 saturated heterocycles. The SMILES string of the molecule is N#Cc1ccc2c(c1)c1ccc(-n3c4ccccc4c4ccccc43)cc1n2-c1nc(-c2ccccc2)nc(-c2ccccc2)n1. The van der Waals surface area contributed by atoms with E-state index in [4.69, 9.17) is 15.0 Å². The quantitative estimate of drug-likeness (QED) is 0.205. The Morgan fingerprint density at radius 2 is 0.978 bits per heavy atom. The predicted molar refractivity (Wildman–Crippen MR) is 184 cm³/mol. The summed E-state index contributed by atoms with van der Waals surface area (Å²) in [5.74, 6) is 1.69. The third-order valence-electron chi connectivity index (χ3n) is 8.60. The van der Waals surface area contributed by atoms with Gasteiger partial charge in [-0.2, -0.15) is 15.2 Å². The minimum Gasteiger partial charge on any atom is -0.309 e. The van der Waals surface area contributed by atoms with Crippen LogP contribution in [0.4, 0.5) is 0 Å². The number of benzene rings is 6. The number of fused-ring (bicyclic) bond motifs is 6. The first kappa shape index (κ1) is 25.9. The Labute approximate surface area is 264 Å². The van der Waals surface area contributed by atoms with Gasteiger partial charge in [-0.1, -0.05) is 103 Å². The average Bonchev–Trinajstić information content (AvgIpc) is 3.64. The van der Waals surface area contributed by atoms with Gasteiger partial charge in [0.1, 0.15) is 0 Å². The van der Waals surface area contributed by atoms with Crippen LogP contribution in [0.1, 0.15) is 5.56 Å². The van der Waals surface area contributed by atoms with Crippen molar-refractivity contribution >= 4 is 43.6 Å². The highest BCUT2D eigenvalue weighted by molar-refractivity contribution is 6.12. The van der Waals surface area contributed by atoms with Gasteiger partial charge in [-0.05, 0) is 42.5 Å². The van der Waals surface area contributed by atoms with Gasteiger partial charge in [0, 0.05) is 38.4 Å². The molecule has 9 aromatic rings. The fourth-order valence-corrected chi connectivity index (χ4v) is 6.53. The molecule has 0 N–H and O–H groups in total. The van der Waals surface area contributed by atoms with Crippen LogP contribution < -0.4 is 0 Å². The number of nitrogens with zero attached hydrogens (tertiary/aromatic N) is 6. The molecule has 0 spiro atoms. The molecule has 46 heavy (non-hydrogen) atoms. The van der Waals surface area contributed by atoms with Gasteiger partial charge in [-0.3, -0.25) is 4.57 Å². The van der Waals surface area contributed by atoms with Crippen molar-refractivity contribution in [3.05, 3.63) is 151 Å². The lowest BCUT2D eigenvalue weighted by Gasteiger charge is -2.12. The third-order valence-corrected chi connectivity index (χ3v) is 8.60. The second-order valence-corrected chi connectivity index (χ2v) is 11.3. The summed E-state index contributed by atoms with van der Waals surface area (Å²) in [4.78, 5) is 15.1. The molecule has 0 saturated carbocycles. The molecule has 0 atom stereocenters. The molecule has 9 rings (SSSR count). The fourth-order valence-electron chi connectivity index (χ4n) is 6.53. The topological polar surface area (TPSA) is 72.3 Å². The highest BCUT2D eigenvalue weighted by atomic mass is 15.2. The lowest BCUT2D eigenvalue weighted by atomic mass is 10.1. The summed E-state index contributed by atoms with van der Waals surface area (Å²) >= 11 is 0. The Morgan fingerprint density at radius 1 is 0.435 bits per heavy atom. The van der Waals surface area contributed by atoms with Gasteiger partial charge in [-0.25, -0.2) is 4.98 Å². The number of para-hydroxylation sites is 2. The number of aromatic nitrogens is 5. The van der Waals surface area contributed by atoms with Crippen molar-refractivity contribution in [2.24, 2.45) is 0 Å². The molecule has 6 heteroatoms. The Kier molecular flexibility index (Phi) is 5.77. The van der Waals surface area contributed by atoms with Gasteiger partial charge in [-0.15, -0.1) is 0 Å². The lowest BCUT2D eigenvalue weighted by molar-refractivity contribution is 0.953. The van der Waals surface area contributed by atoms with Crippen molar-refractivity contribution in [2.75, 3.05) is 0 Å². The number of hydrogen-bond donors (Lipinski definition) is 0. The van der Waals surface area contributed by atoms with Crippen LogP contribution in [0.3, 0.4) is 0 Å². The maximum atomic E-state index is 9.80. The summed E-state index contributed by atoms with van der Waals surface area (Å²) in [6, 6.07) is 51.6. The smallest absolute Gasteiger partial charge is 0.238 e. The van der Waals surface area contributed by atoms with E-state index in [1.54, 1.807) is 0 Å². The van der Waals surface area contributed by atoms with Gasteiger partial charge in [0.05, 0.1) is 33.7 Å². The second kappa shape index (κ2) is 10.3. The van der Waals surface area contributed by atoms with E-state index in [2.05, 4.69) is 81.9 Å². The van der Waals surface area contributed by atoms with E-state index in [0.717, 1.165) is 49.7 Å². The molecular formula is C40H24N6. The predicted octanol–water partition coefficient (Wildman–Crippen LogP) is 9.27. The van der Waals surface area contributed by atoms with Gasteiger partial charge in [0.15, 0.2) is 11.6 Å². The van der Waals surface area contributed by atoms with Crippen LogP contribution >= 0.6 is 0 Å². The molecule has 0 aliphatic heterocycles. The van der Waals surface area contributed by atoms with E-state index in [9.17, 15) is 5.26 Å². The minimum absolute atomic E-state index is 0.511. The molecule has 6 aromatic carbocycles. The molecule has 3 aromatic heterocycles. The van der Waals surface area contributed by atoms with E-state index in [1.165, 1.54) is 10.8 Å². The van der Waals surface area contributed by atoms with Crippen LogP contribution in [0.15, 0.2) is 146 Å². The van der Waals surface area contributed by atoms with Gasteiger partial charge in [0.25, 0.3) is 0 Å². The highest BCUT2D eigenvalue weighted by Crippen LogP contribution is 2.37. The molecule has 214 valence electrons. The van der Waals surface area contributed by atoms with E-state index >= 15 is 0 Å². The second-order valence-electron chi connectivity index (χ2n) is 11.3. The van der Waals surface area contributed by atoms with Gasteiger partial charge < -0.3 is 4.57 Å². The summed E-state index contributed by atoms with van der Waals surface area (Å²) in [5.41, 5.74) is 7.55. The molecule has 0 radical (unpaired) electrons. The zero-order chi connectivity index (χ0) is 30.6. The Hall–Kier alpha value is -6.58. The van der Waals surface area contributed by atoms with E-state index < -0.39 is 0 Å². The number of nitriles is 1. The lowest BCUT2D eigenvalue weighted by Crippen LogP contribution is -2.06. The largest absolute Gasteiger partial charge is 0.309 e. The Morgan fingerprint density at radius 3 is 1.59 bits per heavy atom. The first-order chi connectivity index (χ1) is 22.8. The van der Waals surface area contributed by atoms with Crippen molar-refractivity contribution in [3.8, 4) is 40.5 Å². The highest BCUT2D eigenvalue weighted by Gasteiger charge is 2.20. The zero-order valence-corrected chi connectivity index (χ0v) is 24.5. The molecule has 0 aliphatic carbocycles. The van der Waals surface area contributed by atoms with Crippen LogP contribution in [0.2, 0.25) is 0 Å². The third kappa shape index (κ3) is 4.00. The summed E-state index contributed by atoms with van der Waals surface area (Å²) in [5, 5.41) is 14.2. The molecule has 0 unspecified atom stereocenters. The van der Waals surface area contributed by atoms with E-state index in [1.807, 2.05) is 78.9 Å². The molecule has 0 fully saturated rings. The molecule has 0 amide bonds. The zero-order valence-electron chi connectivity index (χ0n) is 24.5. The Balaban J connectivity index is 1.38. The summed E-state index contributed by atoms with van der Waals surface area (Å²) in [6.45, 7) is 0. The summed E-state index contributed by atoms with van der Waals surface area (Å²) in [7, 11) is 0. The number of hydrogen-bond acceptors (Lipinski definition) is 4. The molecular weight excluding hydrogens is 564 g/mol. The van der Waals surface area contributed by atoms with E-state index in [-0.39, 0.29) is 0 Å².